The Balaban J connectivity index is 0.964. The summed E-state index contributed by atoms with van der Waals surface area (Å²) in [6.45, 7) is 0. The number of thiophene rings is 2. The van der Waals surface area contributed by atoms with Crippen LogP contribution in [-0.4, -0.2) is 0 Å². The van der Waals surface area contributed by atoms with Crippen molar-refractivity contribution >= 4 is 118 Å². The molecule has 0 nitrogen and oxygen atoms in total. The minimum atomic E-state index is 1.28. The van der Waals surface area contributed by atoms with E-state index in [-0.39, 0.29) is 0 Å². The fourth-order valence-electron chi connectivity index (χ4n) is 8.55. The Morgan fingerprint density at radius 2 is 0.558 bits per heavy atom. The number of rotatable bonds is 2. The van der Waals surface area contributed by atoms with Crippen LogP contribution in [0.3, 0.4) is 0 Å². The van der Waals surface area contributed by atoms with E-state index in [0.717, 1.165) is 0 Å². The first-order valence-corrected chi connectivity index (χ1v) is 19.4. The van der Waals surface area contributed by atoms with Crippen molar-refractivity contribution in [1.29, 1.82) is 0 Å². The van der Waals surface area contributed by atoms with E-state index in [4.69, 9.17) is 0 Å². The summed E-state index contributed by atoms with van der Waals surface area (Å²) in [5.74, 6) is 0. The van der Waals surface area contributed by atoms with Gasteiger partial charge in [-0.15, -0.1) is 22.7 Å². The van der Waals surface area contributed by atoms with Crippen LogP contribution in [0.4, 0.5) is 0 Å². The van der Waals surface area contributed by atoms with Gasteiger partial charge in [-0.3, -0.25) is 0 Å². The largest absolute Gasteiger partial charge is 0.135 e. The van der Waals surface area contributed by atoms with Crippen LogP contribution in [0.1, 0.15) is 0 Å². The molecule has 52 heavy (non-hydrogen) atoms. The summed E-state index contributed by atoms with van der Waals surface area (Å²) in [6.07, 6.45) is 0. The number of fused-ring (bicyclic) bond motifs is 13. The molecule has 2 heteroatoms. The molecule has 0 atom stereocenters. The van der Waals surface area contributed by atoms with E-state index < -0.39 is 0 Å². The maximum absolute atomic E-state index is 2.41. The van der Waals surface area contributed by atoms with Gasteiger partial charge in [-0.1, -0.05) is 109 Å². The molecule has 0 spiro atoms. The van der Waals surface area contributed by atoms with E-state index in [0.29, 0.717) is 0 Å². The lowest BCUT2D eigenvalue weighted by molar-refractivity contribution is 1.75. The van der Waals surface area contributed by atoms with Gasteiger partial charge in [0.15, 0.2) is 0 Å². The van der Waals surface area contributed by atoms with E-state index in [9.17, 15) is 0 Å². The first-order chi connectivity index (χ1) is 25.7. The van der Waals surface area contributed by atoms with Gasteiger partial charge in [-0.2, -0.15) is 0 Å². The first kappa shape index (κ1) is 28.6. The lowest BCUT2D eigenvalue weighted by Gasteiger charge is -2.09. The molecule has 0 aliphatic heterocycles. The molecule has 0 saturated carbocycles. The second-order valence-electron chi connectivity index (χ2n) is 14.1. The molecule has 0 radical (unpaired) electrons. The molecule has 0 aliphatic rings. The third-order valence-corrected chi connectivity index (χ3v) is 13.5. The summed E-state index contributed by atoms with van der Waals surface area (Å²) in [7, 11) is 0. The molecule has 0 N–H and O–H groups in total. The first-order valence-electron chi connectivity index (χ1n) is 17.8. The summed E-state index contributed by atoms with van der Waals surface area (Å²) in [5, 5.41) is 20.9. The number of hydrogen-bond donors (Lipinski definition) is 0. The average Bonchev–Trinajstić information content (AvgIpc) is 3.84. The molecule has 0 aliphatic carbocycles. The third kappa shape index (κ3) is 4.26. The van der Waals surface area contributed by atoms with Gasteiger partial charge >= 0.3 is 0 Å². The van der Waals surface area contributed by atoms with Crippen LogP contribution >= 0.6 is 22.7 Å². The van der Waals surface area contributed by atoms with Crippen molar-refractivity contribution in [2.75, 3.05) is 0 Å². The van der Waals surface area contributed by atoms with E-state index in [1.807, 2.05) is 22.7 Å². The van der Waals surface area contributed by atoms with Gasteiger partial charge in [0.05, 0.1) is 0 Å². The molecule has 0 fully saturated rings. The Morgan fingerprint density at radius 3 is 0.962 bits per heavy atom. The molecule has 240 valence electrons. The monoisotopic (exact) mass is 692 g/mol. The van der Waals surface area contributed by atoms with Crippen LogP contribution in [0.15, 0.2) is 170 Å². The molecular weight excluding hydrogens is 665 g/mol. The zero-order chi connectivity index (χ0) is 33.9. The molecule has 12 aromatic rings. The Hall–Kier alpha value is -6.06. The fraction of sp³-hybridized carbons (Fsp3) is 0. The highest BCUT2D eigenvalue weighted by atomic mass is 32.1. The second kappa shape index (κ2) is 10.7. The Kier molecular flexibility index (Phi) is 5.90. The lowest BCUT2D eigenvalue weighted by atomic mass is 9.94. The Morgan fingerprint density at radius 1 is 0.231 bits per heavy atom. The maximum Gasteiger partial charge on any atom is 0.0355 e. The van der Waals surface area contributed by atoms with Gasteiger partial charge in [0.2, 0.25) is 0 Å². The van der Waals surface area contributed by atoms with Crippen molar-refractivity contribution in [3.8, 4) is 20.9 Å². The van der Waals surface area contributed by atoms with Crippen molar-refractivity contribution in [2.24, 2.45) is 0 Å². The highest BCUT2D eigenvalue weighted by molar-refractivity contribution is 7.22. The van der Waals surface area contributed by atoms with E-state index in [1.165, 1.54) is 116 Å². The molecule has 0 bridgehead atoms. The highest BCUT2D eigenvalue weighted by Crippen LogP contribution is 2.44. The Bertz CT molecular complexity index is 3240. The SMILES string of the molecule is c1ccc2cc3cc(-c4cc5c(ccc6c5ccc5c7ccc8sc(-c9ccc%10cc%11ccccc%11cc%10c9)cc8c7ccc65)s4)ccc3cc2c1. The van der Waals surface area contributed by atoms with Gasteiger partial charge in [0.25, 0.3) is 0 Å². The van der Waals surface area contributed by atoms with Gasteiger partial charge in [-0.25, -0.2) is 0 Å². The smallest absolute Gasteiger partial charge is 0.0355 e. The Labute approximate surface area is 307 Å². The summed E-state index contributed by atoms with van der Waals surface area (Å²) >= 11 is 3.78. The number of benzene rings is 10. The van der Waals surface area contributed by atoms with Gasteiger partial charge in [0.1, 0.15) is 0 Å². The van der Waals surface area contributed by atoms with Crippen LogP contribution in [0.25, 0.3) is 116 Å². The lowest BCUT2D eigenvalue weighted by Crippen LogP contribution is -1.82. The molecule has 0 amide bonds. The molecule has 12 rings (SSSR count). The zero-order valence-electron chi connectivity index (χ0n) is 28.0. The van der Waals surface area contributed by atoms with Crippen LogP contribution in [-0.2, 0) is 0 Å². The van der Waals surface area contributed by atoms with Crippen LogP contribution in [0.2, 0.25) is 0 Å². The van der Waals surface area contributed by atoms with Crippen molar-refractivity contribution in [1.82, 2.24) is 0 Å². The molecule has 10 aromatic carbocycles. The molecule has 2 aromatic heterocycles. The quantitative estimate of drug-likeness (QED) is 0.125. The van der Waals surface area contributed by atoms with Gasteiger partial charge in [-0.05, 0) is 147 Å². The molecule has 0 unspecified atom stereocenters. The summed E-state index contributed by atoms with van der Waals surface area (Å²) in [6, 6.07) is 63.9. The normalized spacial score (nSPS) is 12.2. The molecule has 2 heterocycles. The highest BCUT2D eigenvalue weighted by Gasteiger charge is 2.14. The van der Waals surface area contributed by atoms with E-state index in [1.54, 1.807) is 0 Å². The van der Waals surface area contributed by atoms with Gasteiger partial charge < -0.3 is 0 Å². The standard InChI is InChI=1S/C50H28S2/c1-3-7-31-23-37-25-35(11-9-33(37)21-29(31)5-1)49-27-45-43-15-13-40-39(41(43)17-19-47(45)51-49)14-16-44-42(40)18-20-48-46(44)28-50(52-48)36-12-10-34-22-30-6-2-4-8-32(30)24-38(34)26-36/h1-28H. The van der Waals surface area contributed by atoms with Crippen molar-refractivity contribution in [3.05, 3.63) is 170 Å². The predicted octanol–water partition coefficient (Wildman–Crippen LogP) is 15.5. The maximum atomic E-state index is 2.41. The fourth-order valence-corrected chi connectivity index (χ4v) is 10.7. The topological polar surface area (TPSA) is 0 Å². The summed E-state index contributed by atoms with van der Waals surface area (Å²) in [4.78, 5) is 2.62. The average molecular weight is 693 g/mol. The van der Waals surface area contributed by atoms with Crippen molar-refractivity contribution in [3.63, 3.8) is 0 Å². The molecular formula is C50H28S2. The molecule has 0 saturated heterocycles. The zero-order valence-corrected chi connectivity index (χ0v) is 29.6. The van der Waals surface area contributed by atoms with Crippen molar-refractivity contribution in [2.45, 2.75) is 0 Å². The van der Waals surface area contributed by atoms with Gasteiger partial charge in [0, 0.05) is 29.9 Å². The number of hydrogen-bond acceptors (Lipinski definition) is 2. The van der Waals surface area contributed by atoms with Crippen LogP contribution in [0, 0.1) is 0 Å². The van der Waals surface area contributed by atoms with E-state index >= 15 is 0 Å². The summed E-state index contributed by atoms with van der Waals surface area (Å²) < 4.78 is 2.66. The van der Waals surface area contributed by atoms with Crippen molar-refractivity contribution < 1.29 is 0 Å². The van der Waals surface area contributed by atoms with Crippen LogP contribution in [0.5, 0.6) is 0 Å². The minimum absolute atomic E-state index is 1.28. The summed E-state index contributed by atoms with van der Waals surface area (Å²) in [5.41, 5.74) is 2.56. The second-order valence-corrected chi connectivity index (χ2v) is 16.3. The predicted molar refractivity (Wildman–Crippen MR) is 231 cm³/mol. The third-order valence-electron chi connectivity index (χ3n) is 11.2. The van der Waals surface area contributed by atoms with Crippen LogP contribution < -0.4 is 0 Å². The minimum Gasteiger partial charge on any atom is -0.135 e. The van der Waals surface area contributed by atoms with E-state index in [2.05, 4.69) is 170 Å².